The number of carbonyl (C=O) groups excluding carboxylic acids is 1. The summed E-state index contributed by atoms with van der Waals surface area (Å²) in [6.07, 6.45) is -4.76. The molecule has 0 bridgehead atoms. The van der Waals surface area contributed by atoms with E-state index in [1.807, 2.05) is 0 Å². The number of nitrogens with zero attached hydrogens (tertiary/aromatic N) is 1. The van der Waals surface area contributed by atoms with Crippen LogP contribution in [0, 0.1) is 17.1 Å². The monoisotopic (exact) mass is 470 g/mol. The number of alkyl halides is 3. The smallest absolute Gasteiger partial charge is 0.323 e. The van der Waals surface area contributed by atoms with Gasteiger partial charge in [-0.15, -0.1) is 11.8 Å². The number of nitrogens with one attached hydrogen (secondary N) is 1. The van der Waals surface area contributed by atoms with Crippen molar-refractivity contribution in [2.24, 2.45) is 0 Å². The topological polar surface area (TPSA) is 71.3 Å². The van der Waals surface area contributed by atoms with Gasteiger partial charge in [0.2, 0.25) is 0 Å². The van der Waals surface area contributed by atoms with Crippen LogP contribution in [0.25, 0.3) is 0 Å². The molecule has 0 saturated heterocycles. The summed E-state index contributed by atoms with van der Waals surface area (Å²) in [5.74, 6) is -1.15. The quantitative estimate of drug-likeness (QED) is 0.234. The standard InChI is InChI=1S/C22H22F4N2O3S/c1-20(2,3)30-31-21(4,13-32-17-9-6-15(23)7-10-17)19(29)28-16-8-5-14(12-27)18(11-16)22(24,25)26/h5-11H,13H2,1-4H3,(H,28,29). The molecular formula is C22H22F4N2O3S. The van der Waals surface area contributed by atoms with Gasteiger partial charge in [-0.25, -0.2) is 14.2 Å². The summed E-state index contributed by atoms with van der Waals surface area (Å²) in [6, 6.07) is 9.94. The van der Waals surface area contributed by atoms with Crippen LogP contribution in [0.2, 0.25) is 0 Å². The van der Waals surface area contributed by atoms with Gasteiger partial charge < -0.3 is 5.32 Å². The second kappa shape index (κ2) is 9.90. The fourth-order valence-electron chi connectivity index (χ4n) is 2.31. The van der Waals surface area contributed by atoms with Crippen molar-refractivity contribution in [3.8, 4) is 6.07 Å². The fourth-order valence-corrected chi connectivity index (χ4v) is 3.26. The maximum atomic E-state index is 13.2. The van der Waals surface area contributed by atoms with Crippen molar-refractivity contribution >= 4 is 23.4 Å². The van der Waals surface area contributed by atoms with E-state index in [0.29, 0.717) is 11.0 Å². The summed E-state index contributed by atoms with van der Waals surface area (Å²) in [5.41, 5.74) is -4.25. The SMILES string of the molecule is CC(C)(C)OOC(C)(CSc1ccc(F)cc1)C(=O)Nc1ccc(C#N)c(C(F)(F)F)c1. The van der Waals surface area contributed by atoms with E-state index in [-0.39, 0.29) is 11.4 Å². The van der Waals surface area contributed by atoms with Gasteiger partial charge in [-0.2, -0.15) is 18.4 Å². The lowest BCUT2D eigenvalue weighted by molar-refractivity contribution is -0.385. The molecule has 0 aliphatic rings. The molecule has 2 aromatic carbocycles. The van der Waals surface area contributed by atoms with Gasteiger partial charge in [0.1, 0.15) is 5.82 Å². The first-order valence-corrected chi connectivity index (χ1v) is 10.4. The Morgan fingerprint density at radius 1 is 1.06 bits per heavy atom. The Labute approximate surface area is 187 Å². The summed E-state index contributed by atoms with van der Waals surface area (Å²) in [6.45, 7) is 6.54. The number of rotatable bonds is 7. The zero-order valence-corrected chi connectivity index (χ0v) is 18.7. The minimum Gasteiger partial charge on any atom is -0.323 e. The van der Waals surface area contributed by atoms with Crippen molar-refractivity contribution in [3.05, 3.63) is 59.4 Å². The van der Waals surface area contributed by atoms with E-state index >= 15 is 0 Å². The zero-order chi connectivity index (χ0) is 24.2. The fraction of sp³-hybridized carbons (Fsp3) is 0.364. The van der Waals surface area contributed by atoms with Gasteiger partial charge in [0.05, 0.1) is 22.8 Å². The maximum Gasteiger partial charge on any atom is 0.417 e. The molecule has 1 N–H and O–H groups in total. The molecule has 2 rings (SSSR count). The molecule has 1 amide bonds. The number of carbonyl (C=O) groups is 1. The summed E-state index contributed by atoms with van der Waals surface area (Å²) in [7, 11) is 0. The number of thioether (sulfide) groups is 1. The Bertz CT molecular complexity index is 998. The highest BCUT2D eigenvalue weighted by molar-refractivity contribution is 7.99. The second-order valence-corrected chi connectivity index (χ2v) is 9.13. The summed E-state index contributed by atoms with van der Waals surface area (Å²) < 4.78 is 52.8. The molecule has 0 aliphatic heterocycles. The van der Waals surface area contributed by atoms with Gasteiger partial charge >= 0.3 is 6.18 Å². The van der Waals surface area contributed by atoms with E-state index in [4.69, 9.17) is 15.0 Å². The molecule has 172 valence electrons. The third kappa shape index (κ3) is 7.22. The molecule has 5 nitrogen and oxygen atoms in total. The zero-order valence-electron chi connectivity index (χ0n) is 17.8. The largest absolute Gasteiger partial charge is 0.417 e. The highest BCUT2D eigenvalue weighted by Gasteiger charge is 2.39. The van der Waals surface area contributed by atoms with Crippen LogP contribution in [-0.2, 0) is 20.7 Å². The average Bonchev–Trinajstić information content (AvgIpc) is 2.70. The van der Waals surface area contributed by atoms with Crippen molar-refractivity contribution in [1.29, 1.82) is 5.26 Å². The number of hydrogen-bond acceptors (Lipinski definition) is 5. The van der Waals surface area contributed by atoms with Crippen LogP contribution in [0.15, 0.2) is 47.4 Å². The van der Waals surface area contributed by atoms with E-state index in [1.165, 1.54) is 55.1 Å². The average molecular weight is 470 g/mol. The van der Waals surface area contributed by atoms with Gasteiger partial charge in [-0.3, -0.25) is 4.79 Å². The lowest BCUT2D eigenvalue weighted by Gasteiger charge is -2.30. The predicted molar refractivity (Wildman–Crippen MR) is 112 cm³/mol. The van der Waals surface area contributed by atoms with Crippen LogP contribution in [0.4, 0.5) is 23.2 Å². The maximum absolute atomic E-state index is 13.2. The minimum atomic E-state index is -4.76. The first kappa shape index (κ1) is 25.6. The Kier molecular flexibility index (Phi) is 7.93. The van der Waals surface area contributed by atoms with Crippen LogP contribution in [-0.4, -0.2) is 22.9 Å². The van der Waals surface area contributed by atoms with Gasteiger partial charge in [-0.05, 0) is 70.2 Å². The molecular weight excluding hydrogens is 448 g/mol. The van der Waals surface area contributed by atoms with Crippen LogP contribution in [0.1, 0.15) is 38.8 Å². The van der Waals surface area contributed by atoms with Crippen LogP contribution < -0.4 is 5.32 Å². The van der Waals surface area contributed by atoms with Gasteiger partial charge in [-0.1, -0.05) is 0 Å². The molecule has 32 heavy (non-hydrogen) atoms. The molecule has 0 fully saturated rings. The third-order valence-electron chi connectivity index (χ3n) is 3.99. The second-order valence-electron chi connectivity index (χ2n) is 8.08. The molecule has 0 heterocycles. The van der Waals surface area contributed by atoms with Crippen LogP contribution in [0.5, 0.6) is 0 Å². The van der Waals surface area contributed by atoms with Crippen molar-refractivity contribution in [1.82, 2.24) is 0 Å². The number of benzene rings is 2. The van der Waals surface area contributed by atoms with E-state index < -0.39 is 40.2 Å². The predicted octanol–water partition coefficient (Wildman–Crippen LogP) is 5.95. The van der Waals surface area contributed by atoms with Crippen molar-refractivity contribution in [3.63, 3.8) is 0 Å². The molecule has 0 aliphatic carbocycles. The Hall–Kier alpha value is -2.61. The number of anilines is 1. The summed E-state index contributed by atoms with van der Waals surface area (Å²) in [4.78, 5) is 24.4. The van der Waals surface area contributed by atoms with Crippen LogP contribution >= 0.6 is 11.8 Å². The number of halogens is 4. The molecule has 1 atom stereocenters. The number of amides is 1. The first-order valence-electron chi connectivity index (χ1n) is 9.41. The lowest BCUT2D eigenvalue weighted by atomic mass is 10.1. The minimum absolute atomic E-state index is 0.0168. The molecule has 10 heteroatoms. The van der Waals surface area contributed by atoms with Crippen molar-refractivity contribution in [2.45, 2.75) is 50.0 Å². The molecule has 0 spiro atoms. The molecule has 0 radical (unpaired) electrons. The Balaban J connectivity index is 2.27. The first-order chi connectivity index (χ1) is 14.7. The lowest BCUT2D eigenvalue weighted by Crippen LogP contribution is -2.46. The van der Waals surface area contributed by atoms with E-state index in [1.54, 1.807) is 20.8 Å². The normalized spacial score (nSPS) is 13.8. The number of hydrogen-bond donors (Lipinski definition) is 1. The third-order valence-corrected chi connectivity index (χ3v) is 5.29. The molecule has 1 unspecified atom stereocenters. The highest BCUT2D eigenvalue weighted by atomic mass is 32.2. The Morgan fingerprint density at radius 2 is 1.69 bits per heavy atom. The molecule has 0 aromatic heterocycles. The van der Waals surface area contributed by atoms with Gasteiger partial charge in [0.15, 0.2) is 5.60 Å². The van der Waals surface area contributed by atoms with Gasteiger partial charge in [0.25, 0.3) is 5.91 Å². The van der Waals surface area contributed by atoms with E-state index in [9.17, 15) is 22.4 Å². The van der Waals surface area contributed by atoms with E-state index in [2.05, 4.69) is 5.32 Å². The number of nitriles is 1. The van der Waals surface area contributed by atoms with Gasteiger partial charge in [0, 0.05) is 16.3 Å². The summed E-state index contributed by atoms with van der Waals surface area (Å²) in [5, 5.41) is 11.3. The van der Waals surface area contributed by atoms with Crippen molar-refractivity contribution in [2.75, 3.05) is 11.1 Å². The van der Waals surface area contributed by atoms with Crippen LogP contribution in [0.3, 0.4) is 0 Å². The van der Waals surface area contributed by atoms with E-state index in [0.717, 1.165) is 6.07 Å². The Morgan fingerprint density at radius 3 is 2.22 bits per heavy atom. The van der Waals surface area contributed by atoms with Crippen molar-refractivity contribution < 1.29 is 32.1 Å². The summed E-state index contributed by atoms with van der Waals surface area (Å²) >= 11 is 1.18. The molecule has 2 aromatic rings. The highest BCUT2D eigenvalue weighted by Crippen LogP contribution is 2.34. The molecule has 0 saturated carbocycles.